The SMILES string of the molecule is CCC(O)CNC(C)CCSC. The minimum Gasteiger partial charge on any atom is -0.392 e. The summed E-state index contributed by atoms with van der Waals surface area (Å²) in [7, 11) is 0. The van der Waals surface area contributed by atoms with E-state index in [0.29, 0.717) is 6.04 Å². The normalized spacial score (nSPS) is 16.0. The van der Waals surface area contributed by atoms with Crippen molar-refractivity contribution in [2.24, 2.45) is 0 Å². The van der Waals surface area contributed by atoms with Gasteiger partial charge in [0.25, 0.3) is 0 Å². The first-order valence-electron chi connectivity index (χ1n) is 4.61. The van der Waals surface area contributed by atoms with Gasteiger partial charge in [-0.25, -0.2) is 0 Å². The topological polar surface area (TPSA) is 32.3 Å². The maximum Gasteiger partial charge on any atom is 0.0662 e. The maximum absolute atomic E-state index is 9.26. The predicted octanol–water partition coefficient (Wildman–Crippen LogP) is 1.49. The van der Waals surface area contributed by atoms with E-state index in [4.69, 9.17) is 0 Å². The summed E-state index contributed by atoms with van der Waals surface area (Å²) in [5, 5.41) is 12.6. The molecule has 0 aromatic carbocycles. The van der Waals surface area contributed by atoms with Gasteiger partial charge in [-0.05, 0) is 31.8 Å². The molecule has 0 spiro atoms. The highest BCUT2D eigenvalue weighted by Gasteiger charge is 2.03. The Labute approximate surface area is 80.1 Å². The van der Waals surface area contributed by atoms with Crippen LogP contribution in [0.15, 0.2) is 0 Å². The molecule has 0 amide bonds. The lowest BCUT2D eigenvalue weighted by molar-refractivity contribution is 0.163. The van der Waals surface area contributed by atoms with E-state index in [1.165, 1.54) is 12.2 Å². The molecule has 0 bridgehead atoms. The van der Waals surface area contributed by atoms with Crippen LogP contribution in [0.2, 0.25) is 0 Å². The van der Waals surface area contributed by atoms with E-state index in [-0.39, 0.29) is 6.10 Å². The summed E-state index contributed by atoms with van der Waals surface area (Å²) >= 11 is 1.87. The molecule has 0 aliphatic heterocycles. The molecule has 0 aromatic heterocycles. The average molecular weight is 191 g/mol. The molecular weight excluding hydrogens is 170 g/mol. The van der Waals surface area contributed by atoms with Crippen LogP contribution in [0.4, 0.5) is 0 Å². The van der Waals surface area contributed by atoms with Crippen molar-refractivity contribution in [1.29, 1.82) is 0 Å². The van der Waals surface area contributed by atoms with E-state index in [1.54, 1.807) is 0 Å². The molecule has 2 unspecified atom stereocenters. The van der Waals surface area contributed by atoms with Crippen LogP contribution in [-0.4, -0.2) is 35.8 Å². The quantitative estimate of drug-likeness (QED) is 0.639. The maximum atomic E-state index is 9.26. The van der Waals surface area contributed by atoms with E-state index >= 15 is 0 Å². The Hall–Kier alpha value is 0.270. The minimum atomic E-state index is -0.179. The lowest BCUT2D eigenvalue weighted by atomic mass is 10.2. The summed E-state index contributed by atoms with van der Waals surface area (Å²) in [6.07, 6.45) is 3.95. The first-order chi connectivity index (χ1) is 5.70. The van der Waals surface area contributed by atoms with E-state index < -0.39 is 0 Å². The zero-order chi connectivity index (χ0) is 9.40. The van der Waals surface area contributed by atoms with Crippen LogP contribution < -0.4 is 5.32 Å². The number of hydrogen-bond acceptors (Lipinski definition) is 3. The lowest BCUT2D eigenvalue weighted by Crippen LogP contribution is -2.33. The Kier molecular flexibility index (Phi) is 8.07. The third-order valence-electron chi connectivity index (χ3n) is 1.93. The van der Waals surface area contributed by atoms with Gasteiger partial charge in [0.05, 0.1) is 6.10 Å². The number of thioether (sulfide) groups is 1. The molecule has 12 heavy (non-hydrogen) atoms. The fourth-order valence-electron chi connectivity index (χ4n) is 0.878. The lowest BCUT2D eigenvalue weighted by Gasteiger charge is -2.15. The molecule has 0 aliphatic rings. The molecule has 2 N–H and O–H groups in total. The molecule has 74 valence electrons. The number of hydrogen-bond donors (Lipinski definition) is 2. The standard InChI is InChI=1S/C9H21NOS/c1-4-9(11)7-10-8(2)5-6-12-3/h8-11H,4-7H2,1-3H3. The molecule has 0 aliphatic carbocycles. The monoisotopic (exact) mass is 191 g/mol. The van der Waals surface area contributed by atoms with Gasteiger partial charge in [-0.3, -0.25) is 0 Å². The van der Waals surface area contributed by atoms with Crippen LogP contribution >= 0.6 is 11.8 Å². The second kappa shape index (κ2) is 7.90. The largest absolute Gasteiger partial charge is 0.392 e. The summed E-state index contributed by atoms with van der Waals surface area (Å²) in [6.45, 7) is 4.89. The second-order valence-corrected chi connectivity index (χ2v) is 4.14. The van der Waals surface area contributed by atoms with Crippen molar-refractivity contribution < 1.29 is 5.11 Å². The van der Waals surface area contributed by atoms with Gasteiger partial charge in [-0.15, -0.1) is 0 Å². The van der Waals surface area contributed by atoms with Crippen LogP contribution in [0.1, 0.15) is 26.7 Å². The van der Waals surface area contributed by atoms with Crippen LogP contribution in [0, 0.1) is 0 Å². The summed E-state index contributed by atoms with van der Waals surface area (Å²) in [6, 6.07) is 0.527. The van der Waals surface area contributed by atoms with Gasteiger partial charge in [0, 0.05) is 12.6 Å². The van der Waals surface area contributed by atoms with Crippen molar-refractivity contribution in [3.63, 3.8) is 0 Å². The number of rotatable bonds is 7. The molecule has 0 aromatic rings. The predicted molar refractivity (Wildman–Crippen MR) is 56.8 cm³/mol. The smallest absolute Gasteiger partial charge is 0.0662 e. The first kappa shape index (κ1) is 12.3. The van der Waals surface area contributed by atoms with E-state index in [9.17, 15) is 5.11 Å². The minimum absolute atomic E-state index is 0.179. The van der Waals surface area contributed by atoms with Gasteiger partial charge in [-0.1, -0.05) is 6.92 Å². The molecule has 0 fully saturated rings. The van der Waals surface area contributed by atoms with Crippen LogP contribution in [0.25, 0.3) is 0 Å². The Bertz CT molecular complexity index is 101. The molecule has 0 radical (unpaired) electrons. The van der Waals surface area contributed by atoms with E-state index in [1.807, 2.05) is 18.7 Å². The fourth-order valence-corrected chi connectivity index (χ4v) is 1.47. The average Bonchev–Trinajstić information content (AvgIpc) is 2.10. The number of nitrogens with one attached hydrogen (secondary N) is 1. The van der Waals surface area contributed by atoms with E-state index in [2.05, 4.69) is 18.5 Å². The Morgan fingerprint density at radius 1 is 1.50 bits per heavy atom. The molecular formula is C9H21NOS. The van der Waals surface area contributed by atoms with Gasteiger partial charge in [0.15, 0.2) is 0 Å². The Morgan fingerprint density at radius 3 is 2.67 bits per heavy atom. The zero-order valence-electron chi connectivity index (χ0n) is 8.34. The molecule has 2 atom stereocenters. The van der Waals surface area contributed by atoms with Crippen molar-refractivity contribution >= 4 is 11.8 Å². The third-order valence-corrected chi connectivity index (χ3v) is 2.57. The summed E-state index contributed by atoms with van der Waals surface area (Å²) < 4.78 is 0. The summed E-state index contributed by atoms with van der Waals surface area (Å²) in [5.41, 5.74) is 0. The fraction of sp³-hybridized carbons (Fsp3) is 1.00. The first-order valence-corrected chi connectivity index (χ1v) is 6.00. The van der Waals surface area contributed by atoms with Crippen LogP contribution in [-0.2, 0) is 0 Å². The molecule has 0 rings (SSSR count). The summed E-state index contributed by atoms with van der Waals surface area (Å²) in [4.78, 5) is 0. The van der Waals surface area contributed by atoms with Gasteiger partial charge >= 0.3 is 0 Å². The van der Waals surface area contributed by atoms with Gasteiger partial charge in [0.2, 0.25) is 0 Å². The second-order valence-electron chi connectivity index (χ2n) is 3.15. The number of aliphatic hydroxyl groups excluding tert-OH is 1. The Morgan fingerprint density at radius 2 is 2.17 bits per heavy atom. The highest BCUT2D eigenvalue weighted by molar-refractivity contribution is 7.98. The van der Waals surface area contributed by atoms with Crippen LogP contribution in [0.3, 0.4) is 0 Å². The van der Waals surface area contributed by atoms with Crippen molar-refractivity contribution in [1.82, 2.24) is 5.32 Å². The highest BCUT2D eigenvalue weighted by atomic mass is 32.2. The molecule has 2 nitrogen and oxygen atoms in total. The van der Waals surface area contributed by atoms with Gasteiger partial charge < -0.3 is 10.4 Å². The zero-order valence-corrected chi connectivity index (χ0v) is 9.16. The van der Waals surface area contributed by atoms with Gasteiger partial charge in [0.1, 0.15) is 0 Å². The number of aliphatic hydroxyl groups is 1. The molecule has 0 heterocycles. The van der Waals surface area contributed by atoms with Gasteiger partial charge in [-0.2, -0.15) is 11.8 Å². The Balaban J connectivity index is 3.24. The molecule has 0 saturated heterocycles. The summed E-state index contributed by atoms with van der Waals surface area (Å²) in [5.74, 6) is 1.19. The van der Waals surface area contributed by atoms with Crippen molar-refractivity contribution in [3.8, 4) is 0 Å². The molecule has 3 heteroatoms. The molecule has 0 saturated carbocycles. The van der Waals surface area contributed by atoms with Crippen molar-refractivity contribution in [2.45, 2.75) is 38.8 Å². The van der Waals surface area contributed by atoms with Crippen molar-refractivity contribution in [3.05, 3.63) is 0 Å². The van der Waals surface area contributed by atoms with Crippen LogP contribution in [0.5, 0.6) is 0 Å². The van der Waals surface area contributed by atoms with Crippen molar-refractivity contribution in [2.75, 3.05) is 18.6 Å². The van der Waals surface area contributed by atoms with E-state index in [0.717, 1.165) is 13.0 Å². The highest BCUT2D eigenvalue weighted by Crippen LogP contribution is 1.99. The third kappa shape index (κ3) is 6.95.